The van der Waals surface area contributed by atoms with E-state index in [0.717, 1.165) is 60.4 Å². The van der Waals surface area contributed by atoms with Crippen LogP contribution in [0.3, 0.4) is 0 Å². The molecular formula is C22H28N6O. The van der Waals surface area contributed by atoms with Crippen LogP contribution in [0.1, 0.15) is 51.4 Å². The van der Waals surface area contributed by atoms with Crippen LogP contribution in [-0.2, 0) is 11.2 Å². The van der Waals surface area contributed by atoms with Crippen LogP contribution in [0.15, 0.2) is 18.5 Å². The molecule has 7 nitrogen and oxygen atoms in total. The third-order valence-electron chi connectivity index (χ3n) is 6.01. The number of piperidine rings is 1. The summed E-state index contributed by atoms with van der Waals surface area (Å²) in [5, 5.41) is 9.94. The highest BCUT2D eigenvalue weighted by Gasteiger charge is 2.26. The number of rotatable bonds is 7. The highest BCUT2D eigenvalue weighted by Crippen LogP contribution is 2.32. The molecule has 1 N–H and O–H groups in total. The summed E-state index contributed by atoms with van der Waals surface area (Å²) in [6.45, 7) is 6.72. The smallest absolute Gasteiger partial charge is 0.139 e. The van der Waals surface area contributed by atoms with Crippen LogP contribution in [-0.4, -0.2) is 49.8 Å². The van der Waals surface area contributed by atoms with Crippen molar-refractivity contribution in [3.8, 4) is 6.07 Å². The van der Waals surface area contributed by atoms with Crippen molar-refractivity contribution in [2.75, 3.05) is 19.6 Å². The maximum absolute atomic E-state index is 12.2. The number of carbonyl (C=O) groups excluding carboxylic acids is 1. The second-order valence-electron chi connectivity index (χ2n) is 8.23. The van der Waals surface area contributed by atoms with E-state index in [1.54, 1.807) is 0 Å². The Balaban J connectivity index is 1.68. The van der Waals surface area contributed by atoms with Crippen molar-refractivity contribution in [3.63, 3.8) is 0 Å². The van der Waals surface area contributed by atoms with Gasteiger partial charge in [-0.25, -0.2) is 9.97 Å². The summed E-state index contributed by atoms with van der Waals surface area (Å²) in [4.78, 5) is 27.2. The van der Waals surface area contributed by atoms with Gasteiger partial charge in [0.25, 0.3) is 0 Å². The summed E-state index contributed by atoms with van der Waals surface area (Å²) in [7, 11) is 0. The van der Waals surface area contributed by atoms with Gasteiger partial charge in [-0.15, -0.1) is 0 Å². The molecule has 4 rings (SSSR count). The number of nitrogens with zero attached hydrogens (tertiary/aromatic N) is 5. The van der Waals surface area contributed by atoms with E-state index < -0.39 is 0 Å². The number of imidazole rings is 1. The number of hydrogen-bond donors (Lipinski definition) is 1. The standard InChI is InChI=1S/C22H28N6O/c1-15(2)19(29)4-5-20-26-18-14-25-22-17(6-10-24-22)21(18)28(20)16-7-12-27(13-8-16)11-3-9-23/h6,10,14-16H,3-5,7-8,11-13H2,1-2H3,(H,24,25). The molecule has 1 saturated heterocycles. The zero-order valence-electron chi connectivity index (χ0n) is 17.2. The zero-order valence-corrected chi connectivity index (χ0v) is 17.2. The van der Waals surface area contributed by atoms with Gasteiger partial charge in [0, 0.05) is 62.4 Å². The fourth-order valence-corrected chi connectivity index (χ4v) is 4.34. The van der Waals surface area contributed by atoms with Crippen LogP contribution in [0.2, 0.25) is 0 Å². The predicted octanol–water partition coefficient (Wildman–Crippen LogP) is 3.62. The van der Waals surface area contributed by atoms with Crippen LogP contribution in [0.4, 0.5) is 0 Å². The minimum absolute atomic E-state index is 0.0502. The molecule has 0 amide bonds. The van der Waals surface area contributed by atoms with Gasteiger partial charge >= 0.3 is 0 Å². The number of nitriles is 1. The quantitative estimate of drug-likeness (QED) is 0.663. The van der Waals surface area contributed by atoms with Gasteiger partial charge < -0.3 is 14.5 Å². The molecule has 3 aromatic rings. The fraction of sp³-hybridized carbons (Fsp3) is 0.545. The molecule has 0 saturated carbocycles. The van der Waals surface area contributed by atoms with Gasteiger partial charge in [0.05, 0.1) is 17.8 Å². The van der Waals surface area contributed by atoms with Crippen molar-refractivity contribution in [2.24, 2.45) is 5.92 Å². The van der Waals surface area contributed by atoms with Gasteiger partial charge in [-0.2, -0.15) is 5.26 Å². The molecule has 1 aliphatic heterocycles. The van der Waals surface area contributed by atoms with Gasteiger partial charge in [-0.3, -0.25) is 4.79 Å². The average Bonchev–Trinajstić information content (AvgIpc) is 3.34. The normalized spacial score (nSPS) is 16.1. The number of aromatic nitrogens is 4. The summed E-state index contributed by atoms with van der Waals surface area (Å²) in [5.74, 6) is 1.31. The molecule has 152 valence electrons. The Bertz CT molecular complexity index is 1050. The van der Waals surface area contributed by atoms with E-state index in [9.17, 15) is 4.79 Å². The first-order chi connectivity index (χ1) is 14.1. The number of carbonyl (C=O) groups is 1. The van der Waals surface area contributed by atoms with E-state index in [4.69, 9.17) is 10.2 Å². The van der Waals surface area contributed by atoms with Crippen LogP contribution >= 0.6 is 0 Å². The highest BCUT2D eigenvalue weighted by atomic mass is 16.1. The molecule has 4 heterocycles. The molecule has 0 atom stereocenters. The van der Waals surface area contributed by atoms with Gasteiger partial charge in [0.15, 0.2) is 0 Å². The Kier molecular flexibility index (Phi) is 5.63. The van der Waals surface area contributed by atoms with E-state index >= 15 is 0 Å². The SMILES string of the molecule is CC(C)C(=O)CCc1nc2cnc3[nH]ccc3c2n1C1CCN(CCC#N)CC1. The predicted molar refractivity (Wildman–Crippen MR) is 112 cm³/mol. The molecule has 0 bridgehead atoms. The van der Waals surface area contributed by atoms with E-state index in [2.05, 4.69) is 31.6 Å². The number of Topliss-reactive ketones (excluding diaryl/α,β-unsaturated/α-hetero) is 1. The Hall–Kier alpha value is -2.72. The lowest BCUT2D eigenvalue weighted by atomic mass is 10.0. The number of likely N-dealkylation sites (tertiary alicyclic amines) is 1. The number of aromatic amines is 1. The monoisotopic (exact) mass is 392 g/mol. The molecule has 0 unspecified atom stereocenters. The first-order valence-corrected chi connectivity index (χ1v) is 10.5. The lowest BCUT2D eigenvalue weighted by Crippen LogP contribution is -2.35. The number of aryl methyl sites for hydroxylation is 1. The molecule has 29 heavy (non-hydrogen) atoms. The van der Waals surface area contributed by atoms with E-state index in [0.29, 0.717) is 25.3 Å². The van der Waals surface area contributed by atoms with Crippen molar-refractivity contribution in [3.05, 3.63) is 24.3 Å². The number of pyridine rings is 1. The summed E-state index contributed by atoms with van der Waals surface area (Å²) in [6, 6.07) is 4.65. The van der Waals surface area contributed by atoms with Crippen molar-refractivity contribution in [1.29, 1.82) is 5.26 Å². The Labute approximate surface area is 170 Å². The van der Waals surface area contributed by atoms with Gasteiger partial charge in [-0.05, 0) is 18.9 Å². The maximum atomic E-state index is 12.2. The molecule has 1 fully saturated rings. The summed E-state index contributed by atoms with van der Waals surface area (Å²) < 4.78 is 2.38. The molecular weight excluding hydrogens is 364 g/mol. The summed E-state index contributed by atoms with van der Waals surface area (Å²) >= 11 is 0. The van der Waals surface area contributed by atoms with Gasteiger partial charge in [0.2, 0.25) is 0 Å². The maximum Gasteiger partial charge on any atom is 0.139 e. The topological polar surface area (TPSA) is 90.6 Å². The van der Waals surface area contributed by atoms with Crippen molar-refractivity contribution < 1.29 is 4.79 Å². The molecule has 0 aliphatic carbocycles. The molecule has 0 radical (unpaired) electrons. The molecule has 0 aromatic carbocycles. The summed E-state index contributed by atoms with van der Waals surface area (Å²) in [5.41, 5.74) is 2.89. The number of ketones is 1. The van der Waals surface area contributed by atoms with Crippen LogP contribution in [0.25, 0.3) is 22.1 Å². The number of nitrogens with one attached hydrogen (secondary N) is 1. The number of hydrogen-bond acceptors (Lipinski definition) is 5. The van der Waals surface area contributed by atoms with Crippen LogP contribution < -0.4 is 0 Å². The second kappa shape index (κ2) is 8.34. The zero-order chi connectivity index (χ0) is 20.4. The first kappa shape index (κ1) is 19.6. The molecule has 3 aromatic heterocycles. The molecule has 7 heteroatoms. The minimum Gasteiger partial charge on any atom is -0.346 e. The van der Waals surface area contributed by atoms with E-state index in [1.165, 1.54) is 0 Å². The van der Waals surface area contributed by atoms with E-state index in [1.807, 2.05) is 26.2 Å². The lowest BCUT2D eigenvalue weighted by molar-refractivity contribution is -0.121. The van der Waals surface area contributed by atoms with Crippen LogP contribution in [0, 0.1) is 17.2 Å². The van der Waals surface area contributed by atoms with E-state index in [-0.39, 0.29) is 11.7 Å². The largest absolute Gasteiger partial charge is 0.346 e. The van der Waals surface area contributed by atoms with Crippen molar-refractivity contribution >= 4 is 27.9 Å². The first-order valence-electron chi connectivity index (χ1n) is 10.5. The molecule has 1 aliphatic rings. The Morgan fingerprint density at radius 2 is 2.17 bits per heavy atom. The molecule has 0 spiro atoms. The third-order valence-corrected chi connectivity index (χ3v) is 6.01. The Morgan fingerprint density at radius 3 is 2.90 bits per heavy atom. The highest BCUT2D eigenvalue weighted by molar-refractivity contribution is 6.01. The van der Waals surface area contributed by atoms with Crippen LogP contribution in [0.5, 0.6) is 0 Å². The third kappa shape index (κ3) is 3.90. The fourth-order valence-electron chi connectivity index (χ4n) is 4.34. The average molecular weight is 393 g/mol. The van der Waals surface area contributed by atoms with Crippen molar-refractivity contribution in [2.45, 2.75) is 52.0 Å². The summed E-state index contributed by atoms with van der Waals surface area (Å²) in [6.07, 6.45) is 7.56. The number of fused-ring (bicyclic) bond motifs is 3. The Morgan fingerprint density at radius 1 is 1.38 bits per heavy atom. The van der Waals surface area contributed by atoms with Gasteiger partial charge in [0.1, 0.15) is 22.8 Å². The minimum atomic E-state index is 0.0502. The van der Waals surface area contributed by atoms with Gasteiger partial charge in [-0.1, -0.05) is 13.8 Å². The lowest BCUT2D eigenvalue weighted by Gasteiger charge is -2.33. The second-order valence-corrected chi connectivity index (χ2v) is 8.23. The number of H-pyrrole nitrogens is 1. The van der Waals surface area contributed by atoms with Crippen molar-refractivity contribution in [1.82, 2.24) is 24.4 Å².